The molecule has 0 fully saturated rings. The Balaban J connectivity index is 1.48. The lowest BCUT2D eigenvalue weighted by Crippen LogP contribution is -2.19. The van der Waals surface area contributed by atoms with E-state index in [4.69, 9.17) is 4.74 Å². The van der Waals surface area contributed by atoms with Crippen LogP contribution in [0.15, 0.2) is 84.9 Å². The highest BCUT2D eigenvalue weighted by Gasteiger charge is 2.04. The minimum atomic E-state index is 0.499. The highest BCUT2D eigenvalue weighted by Crippen LogP contribution is 2.16. The van der Waals surface area contributed by atoms with Crippen molar-refractivity contribution in [3.8, 4) is 5.75 Å². The molecule has 0 heterocycles. The van der Waals surface area contributed by atoms with Gasteiger partial charge in [-0.05, 0) is 34.7 Å². The van der Waals surface area contributed by atoms with Gasteiger partial charge in [-0.1, -0.05) is 79.7 Å². The van der Waals surface area contributed by atoms with Gasteiger partial charge in [-0.2, -0.15) is 0 Å². The van der Waals surface area contributed by atoms with E-state index >= 15 is 0 Å². The Hall–Kier alpha value is -2.58. The molecule has 0 saturated heterocycles. The molecular weight excluding hydrogens is 306 g/mol. The van der Waals surface area contributed by atoms with Gasteiger partial charge in [0.1, 0.15) is 12.4 Å². The summed E-state index contributed by atoms with van der Waals surface area (Å²) in [7, 11) is 0. The van der Waals surface area contributed by atoms with Gasteiger partial charge in [0.2, 0.25) is 0 Å². The second-order valence-electron chi connectivity index (χ2n) is 6.36. The van der Waals surface area contributed by atoms with Gasteiger partial charge in [-0.15, -0.1) is 0 Å². The maximum Gasteiger partial charge on any atom is 0.120 e. The van der Waals surface area contributed by atoms with Crippen molar-refractivity contribution in [1.29, 1.82) is 0 Å². The van der Waals surface area contributed by atoms with Gasteiger partial charge in [0, 0.05) is 13.1 Å². The number of hydrogen-bond donors (Lipinski definition) is 1. The predicted octanol–water partition coefficient (Wildman–Crippen LogP) is 5.16. The maximum absolute atomic E-state index is 5.90. The van der Waals surface area contributed by atoms with E-state index in [0.29, 0.717) is 12.5 Å². The molecule has 1 atom stereocenters. The van der Waals surface area contributed by atoms with Crippen LogP contribution in [-0.4, -0.2) is 6.54 Å². The van der Waals surface area contributed by atoms with Crippen molar-refractivity contribution in [3.63, 3.8) is 0 Å². The molecular formula is C23H25NO. The molecule has 2 heteroatoms. The van der Waals surface area contributed by atoms with Crippen molar-refractivity contribution in [1.82, 2.24) is 5.32 Å². The number of ether oxygens (including phenoxy) is 1. The van der Waals surface area contributed by atoms with Crippen LogP contribution in [0.3, 0.4) is 0 Å². The molecule has 0 aliphatic rings. The Labute approximate surface area is 150 Å². The summed E-state index contributed by atoms with van der Waals surface area (Å²) in [5, 5.41) is 3.55. The van der Waals surface area contributed by atoms with Gasteiger partial charge in [-0.3, -0.25) is 0 Å². The Morgan fingerprint density at radius 3 is 2.24 bits per heavy atom. The first-order chi connectivity index (χ1) is 12.3. The number of benzene rings is 3. The lowest BCUT2D eigenvalue weighted by atomic mass is 10.0. The first-order valence-electron chi connectivity index (χ1n) is 8.82. The zero-order chi connectivity index (χ0) is 17.3. The molecule has 2 nitrogen and oxygen atoms in total. The topological polar surface area (TPSA) is 21.3 Å². The molecule has 1 N–H and O–H groups in total. The average Bonchev–Trinajstić information content (AvgIpc) is 2.68. The third kappa shape index (κ3) is 5.47. The zero-order valence-corrected chi connectivity index (χ0v) is 14.7. The normalized spacial score (nSPS) is 11.9. The first kappa shape index (κ1) is 17.2. The molecule has 3 rings (SSSR count). The van der Waals surface area contributed by atoms with Gasteiger partial charge in [0.05, 0.1) is 0 Å². The van der Waals surface area contributed by atoms with Crippen LogP contribution >= 0.6 is 0 Å². The molecule has 25 heavy (non-hydrogen) atoms. The molecule has 0 bridgehead atoms. The van der Waals surface area contributed by atoms with Crippen LogP contribution in [0.1, 0.15) is 29.5 Å². The third-order valence-electron chi connectivity index (χ3n) is 4.30. The van der Waals surface area contributed by atoms with Gasteiger partial charge in [-0.25, -0.2) is 0 Å². The van der Waals surface area contributed by atoms with Crippen LogP contribution in [0.25, 0.3) is 0 Å². The Kier molecular flexibility index (Phi) is 6.24. The van der Waals surface area contributed by atoms with Gasteiger partial charge < -0.3 is 10.1 Å². The number of hydrogen-bond acceptors (Lipinski definition) is 2. The second-order valence-corrected chi connectivity index (χ2v) is 6.36. The van der Waals surface area contributed by atoms with E-state index in [9.17, 15) is 0 Å². The van der Waals surface area contributed by atoms with E-state index in [0.717, 1.165) is 18.8 Å². The lowest BCUT2D eigenvalue weighted by Gasteiger charge is -2.13. The van der Waals surface area contributed by atoms with Crippen LogP contribution in [0.2, 0.25) is 0 Å². The standard InChI is InChI=1S/C23H25NO/c1-19(22-12-6-3-7-13-22)16-24-17-21-11-8-14-23(15-21)25-18-20-9-4-2-5-10-20/h2-15,19,24H,16-18H2,1H3. The van der Waals surface area contributed by atoms with Gasteiger partial charge >= 0.3 is 0 Å². The SMILES string of the molecule is CC(CNCc1cccc(OCc2ccccc2)c1)c1ccccc1. The predicted molar refractivity (Wildman–Crippen MR) is 104 cm³/mol. The maximum atomic E-state index is 5.90. The van der Waals surface area contributed by atoms with Crippen molar-refractivity contribution in [2.45, 2.75) is 26.0 Å². The van der Waals surface area contributed by atoms with Crippen LogP contribution in [-0.2, 0) is 13.2 Å². The summed E-state index contributed by atoms with van der Waals surface area (Å²) < 4.78 is 5.90. The van der Waals surface area contributed by atoms with Gasteiger partial charge in [0.15, 0.2) is 0 Å². The summed E-state index contributed by atoms with van der Waals surface area (Å²) in [4.78, 5) is 0. The van der Waals surface area contributed by atoms with Crippen molar-refractivity contribution in [3.05, 3.63) is 102 Å². The second kappa shape index (κ2) is 9.05. The molecule has 128 valence electrons. The van der Waals surface area contributed by atoms with E-state index in [-0.39, 0.29) is 0 Å². The number of rotatable bonds is 8. The van der Waals surface area contributed by atoms with E-state index in [1.54, 1.807) is 0 Å². The Morgan fingerprint density at radius 1 is 0.800 bits per heavy atom. The summed E-state index contributed by atoms with van der Waals surface area (Å²) in [5.74, 6) is 1.41. The molecule has 0 amide bonds. The number of nitrogens with one attached hydrogen (secondary N) is 1. The Bertz CT molecular complexity index is 755. The zero-order valence-electron chi connectivity index (χ0n) is 14.7. The van der Waals surface area contributed by atoms with Crippen molar-refractivity contribution in [2.75, 3.05) is 6.54 Å². The molecule has 3 aromatic rings. The smallest absolute Gasteiger partial charge is 0.120 e. The molecule has 0 aliphatic carbocycles. The fraction of sp³-hybridized carbons (Fsp3) is 0.217. The monoisotopic (exact) mass is 331 g/mol. The van der Waals surface area contributed by atoms with Crippen molar-refractivity contribution >= 4 is 0 Å². The molecule has 0 radical (unpaired) electrons. The van der Waals surface area contributed by atoms with Crippen molar-refractivity contribution in [2.24, 2.45) is 0 Å². The minimum absolute atomic E-state index is 0.499. The quantitative estimate of drug-likeness (QED) is 0.615. The molecule has 0 saturated carbocycles. The highest BCUT2D eigenvalue weighted by molar-refractivity contribution is 5.29. The molecule has 1 unspecified atom stereocenters. The minimum Gasteiger partial charge on any atom is -0.489 e. The summed E-state index contributed by atoms with van der Waals surface area (Å²) in [6.07, 6.45) is 0. The van der Waals surface area contributed by atoms with E-state index < -0.39 is 0 Å². The lowest BCUT2D eigenvalue weighted by molar-refractivity contribution is 0.306. The van der Waals surface area contributed by atoms with Crippen molar-refractivity contribution < 1.29 is 4.74 Å². The van der Waals surface area contributed by atoms with Gasteiger partial charge in [0.25, 0.3) is 0 Å². The molecule has 0 spiro atoms. The summed E-state index contributed by atoms with van der Waals surface area (Å²) in [6, 6.07) is 29.2. The van der Waals surface area contributed by atoms with Crippen LogP contribution in [0.5, 0.6) is 5.75 Å². The fourth-order valence-electron chi connectivity index (χ4n) is 2.82. The largest absolute Gasteiger partial charge is 0.489 e. The first-order valence-corrected chi connectivity index (χ1v) is 8.82. The summed E-state index contributed by atoms with van der Waals surface area (Å²) in [6.45, 7) is 4.66. The van der Waals surface area contributed by atoms with Crippen LogP contribution in [0, 0.1) is 0 Å². The van der Waals surface area contributed by atoms with E-state index in [2.05, 4.69) is 72.9 Å². The fourth-order valence-corrected chi connectivity index (χ4v) is 2.82. The third-order valence-corrected chi connectivity index (χ3v) is 4.30. The summed E-state index contributed by atoms with van der Waals surface area (Å²) >= 11 is 0. The van der Waals surface area contributed by atoms with E-state index in [1.807, 2.05) is 24.3 Å². The van der Waals surface area contributed by atoms with Crippen LogP contribution < -0.4 is 10.1 Å². The van der Waals surface area contributed by atoms with Crippen LogP contribution in [0.4, 0.5) is 0 Å². The molecule has 3 aromatic carbocycles. The molecule has 0 aromatic heterocycles. The summed E-state index contributed by atoms with van der Waals surface area (Å²) in [5.41, 5.74) is 3.79. The average molecular weight is 331 g/mol. The molecule has 0 aliphatic heterocycles. The Morgan fingerprint density at radius 2 is 1.48 bits per heavy atom. The highest BCUT2D eigenvalue weighted by atomic mass is 16.5. The van der Waals surface area contributed by atoms with E-state index in [1.165, 1.54) is 16.7 Å².